The van der Waals surface area contributed by atoms with Crippen LogP contribution in [0.4, 0.5) is 0 Å². The Labute approximate surface area is 185 Å². The summed E-state index contributed by atoms with van der Waals surface area (Å²) in [7, 11) is 0. The summed E-state index contributed by atoms with van der Waals surface area (Å²) in [5.41, 5.74) is 5.07. The van der Waals surface area contributed by atoms with Gasteiger partial charge in [0.05, 0.1) is 0 Å². The maximum absolute atomic E-state index is 10.7. The molecule has 2 rings (SSSR count). The van der Waals surface area contributed by atoms with Crippen molar-refractivity contribution >= 4 is 0 Å². The first-order chi connectivity index (χ1) is 14.8. The zero-order chi connectivity index (χ0) is 21.4. The molecule has 0 amide bonds. The third kappa shape index (κ3) is 8.54. The van der Waals surface area contributed by atoms with Crippen LogP contribution in [-0.4, -0.2) is 5.11 Å². The Kier molecular flexibility index (Phi) is 12.3. The van der Waals surface area contributed by atoms with Crippen LogP contribution < -0.4 is 0 Å². The molecule has 0 fully saturated rings. The van der Waals surface area contributed by atoms with Gasteiger partial charge in [0.25, 0.3) is 0 Å². The van der Waals surface area contributed by atoms with Crippen molar-refractivity contribution in [2.45, 2.75) is 110 Å². The molecule has 0 unspecified atom stereocenters. The average Bonchev–Trinajstić information content (AvgIpc) is 2.77. The second kappa shape index (κ2) is 15.1. The van der Waals surface area contributed by atoms with E-state index >= 15 is 0 Å². The Balaban J connectivity index is 2.05. The van der Waals surface area contributed by atoms with E-state index in [1.54, 1.807) is 0 Å². The van der Waals surface area contributed by atoms with Gasteiger partial charge >= 0.3 is 0 Å². The van der Waals surface area contributed by atoms with Gasteiger partial charge in [0.2, 0.25) is 0 Å². The lowest BCUT2D eigenvalue weighted by Gasteiger charge is -2.17. The highest BCUT2D eigenvalue weighted by Gasteiger charge is 2.14. The van der Waals surface area contributed by atoms with E-state index in [1.165, 1.54) is 94.6 Å². The Hall–Kier alpha value is -1.76. The van der Waals surface area contributed by atoms with Crippen molar-refractivity contribution in [3.63, 3.8) is 0 Å². The summed E-state index contributed by atoms with van der Waals surface area (Å²) in [6.45, 7) is 4.55. The monoisotopic (exact) mass is 408 g/mol. The topological polar surface area (TPSA) is 20.2 Å². The molecule has 0 radical (unpaired) electrons. The minimum absolute atomic E-state index is 0.436. The molecule has 1 heteroatoms. The first-order valence-electron chi connectivity index (χ1n) is 12.7. The predicted molar refractivity (Wildman–Crippen MR) is 132 cm³/mol. The number of benzene rings is 2. The van der Waals surface area contributed by atoms with Crippen molar-refractivity contribution in [2.75, 3.05) is 0 Å². The zero-order valence-electron chi connectivity index (χ0n) is 19.6. The predicted octanol–water partition coefficient (Wildman–Crippen LogP) is 9.26. The molecular formula is C29H44O. The summed E-state index contributed by atoms with van der Waals surface area (Å²) in [5.74, 6) is 0.436. The molecule has 0 bridgehead atoms. The molecule has 2 aromatic rings. The largest absolute Gasteiger partial charge is 0.507 e. The van der Waals surface area contributed by atoms with E-state index in [-0.39, 0.29) is 0 Å². The first kappa shape index (κ1) is 24.5. The van der Waals surface area contributed by atoms with Crippen LogP contribution in [0, 0.1) is 0 Å². The van der Waals surface area contributed by atoms with Crippen LogP contribution in [0.15, 0.2) is 42.5 Å². The second-order valence-electron chi connectivity index (χ2n) is 8.85. The van der Waals surface area contributed by atoms with Crippen LogP contribution in [0.2, 0.25) is 0 Å². The van der Waals surface area contributed by atoms with E-state index in [0.29, 0.717) is 5.75 Å². The van der Waals surface area contributed by atoms with Gasteiger partial charge in [-0.2, -0.15) is 0 Å². The maximum Gasteiger partial charge on any atom is 0.123 e. The van der Waals surface area contributed by atoms with Crippen molar-refractivity contribution in [2.24, 2.45) is 0 Å². The number of phenolic OH excluding ortho intramolecular Hbond substituents is 1. The summed E-state index contributed by atoms with van der Waals surface area (Å²) >= 11 is 0. The van der Waals surface area contributed by atoms with E-state index < -0.39 is 0 Å². The van der Waals surface area contributed by atoms with Crippen LogP contribution >= 0.6 is 0 Å². The minimum Gasteiger partial charge on any atom is -0.507 e. The molecule has 1 nitrogen and oxygen atoms in total. The summed E-state index contributed by atoms with van der Waals surface area (Å²) in [5, 5.41) is 10.7. The van der Waals surface area contributed by atoms with E-state index in [0.717, 1.165) is 24.0 Å². The fraction of sp³-hybridized carbons (Fsp3) is 0.586. The number of aryl methyl sites for hydroxylation is 1. The van der Waals surface area contributed by atoms with E-state index in [2.05, 4.69) is 50.2 Å². The molecule has 0 aromatic heterocycles. The van der Waals surface area contributed by atoms with E-state index in [4.69, 9.17) is 0 Å². The zero-order valence-corrected chi connectivity index (χ0v) is 19.6. The number of aromatic hydroxyl groups is 1. The maximum atomic E-state index is 10.7. The highest BCUT2D eigenvalue weighted by molar-refractivity contribution is 5.75. The van der Waals surface area contributed by atoms with Gasteiger partial charge in [-0.05, 0) is 48.4 Å². The molecule has 0 aliphatic heterocycles. The standard InChI is InChI=1S/C29H44O/c1-3-5-7-9-11-13-18-22-27-25(19-15-12-10-8-6-4-2)23-24-28(30)29(27)26-20-16-14-17-21-26/h14,16-17,20-21,23-24,30H,3-13,15,18-19,22H2,1-2H3. The van der Waals surface area contributed by atoms with Crippen LogP contribution in [0.25, 0.3) is 11.1 Å². The van der Waals surface area contributed by atoms with Crippen molar-refractivity contribution < 1.29 is 5.11 Å². The van der Waals surface area contributed by atoms with Gasteiger partial charge < -0.3 is 5.11 Å². The first-order valence-corrected chi connectivity index (χ1v) is 12.7. The molecule has 0 spiro atoms. The third-order valence-electron chi connectivity index (χ3n) is 6.28. The van der Waals surface area contributed by atoms with Gasteiger partial charge in [-0.25, -0.2) is 0 Å². The van der Waals surface area contributed by atoms with Gasteiger partial charge in [0, 0.05) is 5.56 Å². The molecule has 2 aromatic carbocycles. The van der Waals surface area contributed by atoms with E-state index in [1.807, 2.05) is 6.07 Å². The molecule has 0 heterocycles. The molecule has 0 aliphatic rings. The Morgan fingerprint density at radius 2 is 1.10 bits per heavy atom. The molecule has 1 N–H and O–H groups in total. The summed E-state index contributed by atoms with van der Waals surface area (Å²) in [6, 6.07) is 14.6. The highest BCUT2D eigenvalue weighted by Crippen LogP contribution is 2.36. The van der Waals surface area contributed by atoms with Crippen molar-refractivity contribution in [1.29, 1.82) is 0 Å². The van der Waals surface area contributed by atoms with Crippen LogP contribution in [0.5, 0.6) is 5.75 Å². The lowest BCUT2D eigenvalue weighted by Crippen LogP contribution is -2.00. The van der Waals surface area contributed by atoms with Crippen molar-refractivity contribution in [3.05, 3.63) is 53.6 Å². The molecule has 0 saturated heterocycles. The summed E-state index contributed by atoms with van der Waals surface area (Å²) < 4.78 is 0. The lowest BCUT2D eigenvalue weighted by molar-refractivity contribution is 0.476. The van der Waals surface area contributed by atoms with Gasteiger partial charge in [-0.3, -0.25) is 0 Å². The van der Waals surface area contributed by atoms with Gasteiger partial charge in [-0.1, -0.05) is 121 Å². The molecule has 0 saturated carbocycles. The lowest BCUT2D eigenvalue weighted by atomic mass is 9.88. The number of phenols is 1. The average molecular weight is 409 g/mol. The van der Waals surface area contributed by atoms with Crippen molar-refractivity contribution in [1.82, 2.24) is 0 Å². The van der Waals surface area contributed by atoms with Crippen LogP contribution in [-0.2, 0) is 12.8 Å². The van der Waals surface area contributed by atoms with E-state index in [9.17, 15) is 5.11 Å². The molecular weight excluding hydrogens is 364 g/mol. The van der Waals surface area contributed by atoms with Gasteiger partial charge in [0.15, 0.2) is 0 Å². The summed E-state index contributed by atoms with van der Waals surface area (Å²) in [4.78, 5) is 0. The Bertz CT molecular complexity index is 689. The van der Waals surface area contributed by atoms with Gasteiger partial charge in [-0.15, -0.1) is 0 Å². The minimum atomic E-state index is 0.436. The molecule has 166 valence electrons. The Morgan fingerprint density at radius 3 is 1.70 bits per heavy atom. The van der Waals surface area contributed by atoms with Crippen LogP contribution in [0.3, 0.4) is 0 Å². The van der Waals surface area contributed by atoms with Crippen LogP contribution in [0.1, 0.15) is 108 Å². The quantitative estimate of drug-likeness (QED) is 0.274. The van der Waals surface area contributed by atoms with Crippen molar-refractivity contribution in [3.8, 4) is 16.9 Å². The smallest absolute Gasteiger partial charge is 0.123 e. The third-order valence-corrected chi connectivity index (χ3v) is 6.28. The summed E-state index contributed by atoms with van der Waals surface area (Å²) in [6.07, 6.45) is 19.5. The molecule has 0 aliphatic carbocycles. The number of rotatable bonds is 16. The normalized spacial score (nSPS) is 11.1. The second-order valence-corrected chi connectivity index (χ2v) is 8.85. The highest BCUT2D eigenvalue weighted by atomic mass is 16.3. The fourth-order valence-corrected chi connectivity index (χ4v) is 4.48. The van der Waals surface area contributed by atoms with Gasteiger partial charge in [0.1, 0.15) is 5.75 Å². The number of hydrogen-bond donors (Lipinski definition) is 1. The number of unbranched alkanes of at least 4 members (excludes halogenated alkanes) is 11. The number of hydrogen-bond acceptors (Lipinski definition) is 1. The SMILES string of the molecule is CCCCCCCCCc1c(CCCCCCCC)ccc(O)c1-c1ccccc1. The molecule has 30 heavy (non-hydrogen) atoms. The molecule has 0 atom stereocenters. The fourth-order valence-electron chi connectivity index (χ4n) is 4.48. The Morgan fingerprint density at radius 1 is 0.567 bits per heavy atom.